The molecule has 17 heteroatoms. The molecule has 3 aromatic rings. The Morgan fingerprint density at radius 1 is 1.04 bits per heavy atom. The van der Waals surface area contributed by atoms with Crippen LogP contribution in [-0.4, -0.2) is 49.8 Å². The molecule has 2 amide bonds. The number of nitrogens with zero attached hydrogens (tertiary/aromatic N) is 4. The summed E-state index contributed by atoms with van der Waals surface area (Å²) in [6, 6.07) is 0.964. The predicted molar refractivity (Wildman–Crippen MR) is 140 cm³/mol. The maximum Gasteiger partial charge on any atom is 0.389 e. The number of alkyl halides is 8. The number of hydrogen-bond acceptors (Lipinski definition) is 6. The van der Waals surface area contributed by atoms with E-state index in [1.807, 2.05) is 0 Å². The van der Waals surface area contributed by atoms with Crippen LogP contribution in [0.1, 0.15) is 103 Å². The van der Waals surface area contributed by atoms with Crippen LogP contribution < -0.4 is 11.1 Å². The third-order valence-corrected chi connectivity index (χ3v) is 8.28. The lowest BCUT2D eigenvalue weighted by Gasteiger charge is -2.32. The second kappa shape index (κ2) is 12.2. The number of aryl methyl sites for hydroxylation is 1. The molecule has 2 atom stereocenters. The van der Waals surface area contributed by atoms with Crippen LogP contribution in [0.4, 0.5) is 35.1 Å². The fraction of sp³-hybridized carbons (Fsp3) is 0.607. The number of rotatable bonds is 11. The van der Waals surface area contributed by atoms with Crippen molar-refractivity contribution in [2.24, 2.45) is 17.6 Å². The summed E-state index contributed by atoms with van der Waals surface area (Å²) in [5.74, 6) is -6.51. The Labute approximate surface area is 250 Å². The highest BCUT2D eigenvalue weighted by atomic mass is 19.4. The molecule has 9 nitrogen and oxygen atoms in total. The third kappa shape index (κ3) is 8.09. The first-order valence-corrected chi connectivity index (χ1v) is 14.4. The minimum absolute atomic E-state index is 0.0161. The fourth-order valence-electron chi connectivity index (χ4n) is 5.86. The molecule has 0 bridgehead atoms. The van der Waals surface area contributed by atoms with E-state index in [1.165, 1.54) is 16.9 Å². The Morgan fingerprint density at radius 3 is 2.31 bits per heavy atom. The number of carbonyl (C=O) groups is 2. The molecule has 3 heterocycles. The molecule has 2 aliphatic rings. The van der Waals surface area contributed by atoms with Gasteiger partial charge in [-0.2, -0.15) is 31.4 Å². The van der Waals surface area contributed by atoms with Crippen LogP contribution >= 0.6 is 0 Å². The van der Waals surface area contributed by atoms with Gasteiger partial charge in [-0.05, 0) is 49.1 Å². The number of halogens is 8. The molecule has 0 spiro atoms. The topological polar surface area (TPSA) is 128 Å². The smallest absolute Gasteiger partial charge is 0.365 e. The zero-order chi connectivity index (χ0) is 32.7. The molecule has 0 unspecified atom stereocenters. The maximum atomic E-state index is 14.1. The van der Waals surface area contributed by atoms with Crippen molar-refractivity contribution < 1.29 is 49.2 Å². The zero-order valence-electron chi connectivity index (χ0n) is 23.7. The van der Waals surface area contributed by atoms with Crippen molar-refractivity contribution in [3.8, 4) is 0 Å². The van der Waals surface area contributed by atoms with E-state index in [0.29, 0.717) is 5.56 Å². The number of nitrogens with one attached hydrogen (secondary N) is 1. The van der Waals surface area contributed by atoms with Gasteiger partial charge < -0.3 is 15.6 Å². The monoisotopic (exact) mass is 650 g/mol. The Bertz CT molecular complexity index is 1540. The van der Waals surface area contributed by atoms with Crippen LogP contribution in [-0.2, 0) is 11.2 Å². The van der Waals surface area contributed by atoms with Crippen LogP contribution in [0.5, 0.6) is 0 Å². The Morgan fingerprint density at radius 2 is 1.71 bits per heavy atom. The van der Waals surface area contributed by atoms with Crippen molar-refractivity contribution in [2.45, 2.75) is 94.4 Å². The molecule has 3 aromatic heterocycles. The van der Waals surface area contributed by atoms with E-state index < -0.39 is 86.5 Å². The van der Waals surface area contributed by atoms with Crippen LogP contribution in [0.15, 0.2) is 23.0 Å². The molecule has 2 saturated carbocycles. The predicted octanol–water partition coefficient (Wildman–Crippen LogP) is 6.18. The molecule has 0 saturated heterocycles. The lowest BCUT2D eigenvalue weighted by Crippen LogP contribution is -2.30. The van der Waals surface area contributed by atoms with Gasteiger partial charge in [-0.25, -0.2) is 18.3 Å². The highest BCUT2D eigenvalue weighted by Gasteiger charge is 2.43. The van der Waals surface area contributed by atoms with Gasteiger partial charge in [0.1, 0.15) is 5.56 Å². The molecular formula is C28H30F8N6O3. The number of nitrogens with two attached hydrogens (primary N) is 1. The molecule has 3 N–H and O–H groups in total. The molecule has 0 aromatic carbocycles. The zero-order valence-corrected chi connectivity index (χ0v) is 23.7. The van der Waals surface area contributed by atoms with E-state index in [2.05, 4.69) is 20.6 Å². The van der Waals surface area contributed by atoms with Crippen LogP contribution in [0.3, 0.4) is 0 Å². The second-order valence-corrected chi connectivity index (χ2v) is 11.8. The van der Waals surface area contributed by atoms with E-state index in [9.17, 15) is 44.7 Å². The van der Waals surface area contributed by atoms with Crippen LogP contribution in [0, 0.1) is 11.8 Å². The summed E-state index contributed by atoms with van der Waals surface area (Å²) in [4.78, 5) is 29.4. The van der Waals surface area contributed by atoms with Crippen LogP contribution in [0.25, 0.3) is 5.65 Å². The molecule has 2 fully saturated rings. The fourth-order valence-corrected chi connectivity index (χ4v) is 5.86. The Balaban J connectivity index is 1.49. The summed E-state index contributed by atoms with van der Waals surface area (Å²) in [6.45, 7) is 0. The largest absolute Gasteiger partial charge is 0.389 e. The van der Waals surface area contributed by atoms with Crippen molar-refractivity contribution in [3.63, 3.8) is 0 Å². The van der Waals surface area contributed by atoms with Crippen molar-refractivity contribution >= 4 is 17.5 Å². The number of aromatic nitrogens is 4. The molecular weight excluding hydrogens is 620 g/mol. The van der Waals surface area contributed by atoms with Crippen molar-refractivity contribution in [2.75, 3.05) is 0 Å². The maximum absolute atomic E-state index is 14.1. The lowest BCUT2D eigenvalue weighted by atomic mass is 9.75. The normalized spacial score (nSPS) is 19.0. The quantitative estimate of drug-likeness (QED) is 0.239. The minimum atomic E-state index is -4.55. The van der Waals surface area contributed by atoms with E-state index >= 15 is 0 Å². The van der Waals surface area contributed by atoms with Crippen molar-refractivity contribution in [1.82, 2.24) is 25.1 Å². The average Bonchev–Trinajstić information content (AvgIpc) is 3.55. The summed E-state index contributed by atoms with van der Waals surface area (Å²) >= 11 is 0. The molecule has 246 valence electrons. The van der Waals surface area contributed by atoms with Gasteiger partial charge in [0.15, 0.2) is 11.4 Å². The van der Waals surface area contributed by atoms with E-state index in [1.54, 1.807) is 6.07 Å². The Hall–Kier alpha value is -3.79. The molecule has 5 rings (SSSR count). The average molecular weight is 651 g/mol. The van der Waals surface area contributed by atoms with E-state index in [-0.39, 0.29) is 47.1 Å². The van der Waals surface area contributed by atoms with E-state index in [0.717, 1.165) is 12.8 Å². The highest BCUT2D eigenvalue weighted by Crippen LogP contribution is 2.46. The lowest BCUT2D eigenvalue weighted by molar-refractivity contribution is -0.144. The van der Waals surface area contributed by atoms with Crippen molar-refractivity contribution in [1.29, 1.82) is 0 Å². The first kappa shape index (κ1) is 32.6. The number of imidazole rings is 1. The number of carbonyl (C=O) groups excluding carboxylic acids is 2. The van der Waals surface area contributed by atoms with Crippen molar-refractivity contribution in [3.05, 3.63) is 46.7 Å². The molecule has 0 radical (unpaired) electrons. The summed E-state index contributed by atoms with van der Waals surface area (Å²) in [6.07, 6.45) is -9.63. The van der Waals surface area contributed by atoms with E-state index in [4.69, 9.17) is 10.3 Å². The Kier molecular flexibility index (Phi) is 8.83. The first-order valence-electron chi connectivity index (χ1n) is 14.4. The molecule has 0 aliphatic heterocycles. The molecule has 45 heavy (non-hydrogen) atoms. The summed E-state index contributed by atoms with van der Waals surface area (Å²) in [7, 11) is 0. The van der Waals surface area contributed by atoms with Gasteiger partial charge in [-0.15, -0.1) is 0 Å². The second-order valence-electron chi connectivity index (χ2n) is 11.8. The number of amides is 2. The number of fused-ring (bicyclic) bond motifs is 1. The van der Waals surface area contributed by atoms with Gasteiger partial charge in [-0.3, -0.25) is 9.59 Å². The minimum Gasteiger partial charge on any atom is -0.365 e. The molecule has 2 aliphatic carbocycles. The van der Waals surface area contributed by atoms with Gasteiger partial charge in [0.2, 0.25) is 11.8 Å². The summed E-state index contributed by atoms with van der Waals surface area (Å²) < 4.78 is 112. The number of primary amides is 1. The summed E-state index contributed by atoms with van der Waals surface area (Å²) in [5, 5.41) is 10.7. The van der Waals surface area contributed by atoms with Gasteiger partial charge in [0.25, 0.3) is 5.91 Å². The van der Waals surface area contributed by atoms with Gasteiger partial charge in [-0.1, -0.05) is 5.16 Å². The standard InChI is InChI=1S/C28H30F8N6O3/c29-26(30)7-3-14(4-8-26)21(24-22(25(37)44)17(41-45-24)5-9-27(31,32)33)18-13-42-19(39-18)11-16(12-38-42)23(15-1-2-15)40-20(43)6-10-28(34,35)36/h11-15,21,23H,1-10H2,(H2,37,44)(H,40,43)/t21-,23+/m0/s1. The highest BCUT2D eigenvalue weighted by molar-refractivity contribution is 5.95. The SMILES string of the molecule is NC(=O)c1c(CCC(F)(F)F)noc1[C@H](c1cn2ncc([C@H](NC(=O)CCC(F)(F)F)C3CC3)cc2n1)C1CCC(F)(F)CC1. The van der Waals surface area contributed by atoms with Crippen LogP contribution in [0.2, 0.25) is 0 Å². The van der Waals surface area contributed by atoms with Gasteiger partial charge in [0, 0.05) is 32.1 Å². The number of hydrogen-bond donors (Lipinski definition) is 2. The first-order chi connectivity index (χ1) is 21.0. The summed E-state index contributed by atoms with van der Waals surface area (Å²) in [5.41, 5.74) is 5.84. The van der Waals surface area contributed by atoms with Gasteiger partial charge >= 0.3 is 12.4 Å². The third-order valence-electron chi connectivity index (χ3n) is 8.28. The van der Waals surface area contributed by atoms with Gasteiger partial charge in [0.05, 0.1) is 42.2 Å².